The Morgan fingerprint density at radius 3 is 2.74 bits per heavy atom. The lowest BCUT2D eigenvalue weighted by Gasteiger charge is -2.26. The monoisotopic (exact) mass is 320 g/mol. The lowest BCUT2D eigenvalue weighted by atomic mass is 10.2. The second-order valence-corrected chi connectivity index (χ2v) is 5.20. The Bertz CT molecular complexity index is 496. The summed E-state index contributed by atoms with van der Waals surface area (Å²) >= 11 is 0. The SMILES string of the molecule is COCOc1ccc(/C=C/C(=O)NCCN2CCOCC2)cc1. The molecule has 0 aliphatic carbocycles. The van der Waals surface area contributed by atoms with E-state index in [1.807, 2.05) is 24.3 Å². The van der Waals surface area contributed by atoms with E-state index in [2.05, 4.69) is 10.2 Å². The normalized spacial score (nSPS) is 15.7. The summed E-state index contributed by atoms with van der Waals surface area (Å²) in [5, 5.41) is 2.89. The number of carbonyl (C=O) groups is 1. The smallest absolute Gasteiger partial charge is 0.244 e. The third-order valence-corrected chi connectivity index (χ3v) is 3.48. The lowest BCUT2D eigenvalue weighted by Crippen LogP contribution is -2.41. The van der Waals surface area contributed by atoms with Crippen LogP contribution in [-0.2, 0) is 14.3 Å². The molecule has 6 nitrogen and oxygen atoms in total. The first-order chi connectivity index (χ1) is 11.3. The van der Waals surface area contributed by atoms with Gasteiger partial charge in [0.15, 0.2) is 6.79 Å². The van der Waals surface area contributed by atoms with Crippen LogP contribution in [0.25, 0.3) is 6.08 Å². The van der Waals surface area contributed by atoms with Gasteiger partial charge in [0.25, 0.3) is 0 Å². The van der Waals surface area contributed by atoms with Crippen LogP contribution >= 0.6 is 0 Å². The van der Waals surface area contributed by atoms with Crippen LogP contribution in [0.3, 0.4) is 0 Å². The number of nitrogens with one attached hydrogen (secondary N) is 1. The van der Waals surface area contributed by atoms with Crippen molar-refractivity contribution >= 4 is 12.0 Å². The van der Waals surface area contributed by atoms with Gasteiger partial charge in [0.1, 0.15) is 5.75 Å². The third-order valence-electron chi connectivity index (χ3n) is 3.48. The molecule has 0 spiro atoms. The molecule has 1 aromatic rings. The maximum absolute atomic E-state index is 11.8. The number of ether oxygens (including phenoxy) is 3. The molecule has 6 heteroatoms. The van der Waals surface area contributed by atoms with E-state index in [1.54, 1.807) is 19.3 Å². The van der Waals surface area contributed by atoms with Gasteiger partial charge in [-0.1, -0.05) is 12.1 Å². The Labute approximate surface area is 137 Å². The van der Waals surface area contributed by atoms with Gasteiger partial charge >= 0.3 is 0 Å². The molecule has 1 aromatic carbocycles. The van der Waals surface area contributed by atoms with Crippen molar-refractivity contribution in [3.8, 4) is 5.75 Å². The largest absolute Gasteiger partial charge is 0.468 e. The van der Waals surface area contributed by atoms with Crippen molar-refractivity contribution in [2.75, 3.05) is 53.3 Å². The second kappa shape index (κ2) is 9.99. The maximum Gasteiger partial charge on any atom is 0.244 e. The summed E-state index contributed by atoms with van der Waals surface area (Å²) in [6, 6.07) is 7.47. The molecule has 1 N–H and O–H groups in total. The summed E-state index contributed by atoms with van der Waals surface area (Å²) in [6.45, 7) is 5.14. The average Bonchev–Trinajstić information content (AvgIpc) is 2.60. The van der Waals surface area contributed by atoms with Gasteiger partial charge in [0.2, 0.25) is 5.91 Å². The summed E-state index contributed by atoms with van der Waals surface area (Å²) in [7, 11) is 1.58. The van der Waals surface area contributed by atoms with Crippen molar-refractivity contribution in [1.29, 1.82) is 0 Å². The number of hydrogen-bond donors (Lipinski definition) is 1. The fourth-order valence-electron chi connectivity index (χ4n) is 2.19. The average molecular weight is 320 g/mol. The van der Waals surface area contributed by atoms with Crippen LogP contribution in [0.2, 0.25) is 0 Å². The molecule has 1 heterocycles. The Balaban J connectivity index is 1.68. The van der Waals surface area contributed by atoms with Crippen LogP contribution in [0.1, 0.15) is 5.56 Å². The number of amides is 1. The number of benzene rings is 1. The topological polar surface area (TPSA) is 60.0 Å². The third kappa shape index (κ3) is 6.81. The zero-order chi connectivity index (χ0) is 16.3. The molecule has 23 heavy (non-hydrogen) atoms. The van der Waals surface area contributed by atoms with E-state index in [0.717, 1.165) is 44.2 Å². The zero-order valence-corrected chi connectivity index (χ0v) is 13.5. The minimum atomic E-state index is -0.0852. The number of nitrogens with zero attached hydrogens (tertiary/aromatic N) is 1. The molecule has 1 saturated heterocycles. The predicted octanol–water partition coefficient (Wildman–Crippen LogP) is 1.13. The number of methoxy groups -OCH3 is 1. The number of carbonyl (C=O) groups excluding carboxylic acids is 1. The van der Waals surface area contributed by atoms with Crippen molar-refractivity contribution in [2.45, 2.75) is 0 Å². The second-order valence-electron chi connectivity index (χ2n) is 5.20. The highest BCUT2D eigenvalue weighted by Gasteiger charge is 2.09. The Morgan fingerprint density at radius 1 is 1.30 bits per heavy atom. The molecule has 126 valence electrons. The molecule has 0 atom stereocenters. The van der Waals surface area contributed by atoms with Gasteiger partial charge in [-0.25, -0.2) is 0 Å². The summed E-state index contributed by atoms with van der Waals surface area (Å²) < 4.78 is 15.4. The van der Waals surface area contributed by atoms with Gasteiger partial charge in [-0.2, -0.15) is 0 Å². The molecule has 1 aliphatic rings. The van der Waals surface area contributed by atoms with Crippen LogP contribution in [0.5, 0.6) is 5.75 Å². The Morgan fingerprint density at radius 2 is 2.04 bits per heavy atom. The fourth-order valence-corrected chi connectivity index (χ4v) is 2.19. The molecule has 1 aliphatic heterocycles. The van der Waals surface area contributed by atoms with Crippen molar-refractivity contribution in [3.63, 3.8) is 0 Å². The van der Waals surface area contributed by atoms with E-state index in [1.165, 1.54) is 0 Å². The minimum absolute atomic E-state index is 0.0852. The van der Waals surface area contributed by atoms with E-state index in [-0.39, 0.29) is 12.7 Å². The highest BCUT2D eigenvalue weighted by molar-refractivity contribution is 5.91. The zero-order valence-electron chi connectivity index (χ0n) is 13.5. The number of morpholine rings is 1. The first-order valence-corrected chi connectivity index (χ1v) is 7.76. The minimum Gasteiger partial charge on any atom is -0.468 e. The standard InChI is InChI=1S/C17H24N2O4/c1-21-14-23-16-5-2-15(3-6-16)4-7-17(20)18-8-9-19-10-12-22-13-11-19/h2-7H,8-14H2,1H3,(H,18,20)/b7-4+. The first kappa shape index (κ1) is 17.5. The van der Waals surface area contributed by atoms with Crippen molar-refractivity contribution in [2.24, 2.45) is 0 Å². The Kier molecular flexibility index (Phi) is 7.59. The highest BCUT2D eigenvalue weighted by Crippen LogP contribution is 2.13. The van der Waals surface area contributed by atoms with Crippen LogP contribution in [0.4, 0.5) is 0 Å². The van der Waals surface area contributed by atoms with Gasteiger partial charge in [0, 0.05) is 39.4 Å². The van der Waals surface area contributed by atoms with Crippen LogP contribution in [0, 0.1) is 0 Å². The van der Waals surface area contributed by atoms with Crippen molar-refractivity contribution < 1.29 is 19.0 Å². The van der Waals surface area contributed by atoms with E-state index < -0.39 is 0 Å². The molecule has 0 radical (unpaired) electrons. The molecular weight excluding hydrogens is 296 g/mol. The summed E-state index contributed by atoms with van der Waals surface area (Å²) in [6.07, 6.45) is 3.33. The number of rotatable bonds is 8. The quantitative estimate of drug-likeness (QED) is 0.575. The van der Waals surface area contributed by atoms with Crippen molar-refractivity contribution in [3.05, 3.63) is 35.9 Å². The first-order valence-electron chi connectivity index (χ1n) is 7.76. The van der Waals surface area contributed by atoms with E-state index >= 15 is 0 Å². The van der Waals surface area contributed by atoms with Crippen LogP contribution in [-0.4, -0.2) is 64.1 Å². The van der Waals surface area contributed by atoms with Gasteiger partial charge in [0.05, 0.1) is 13.2 Å². The van der Waals surface area contributed by atoms with E-state index in [4.69, 9.17) is 14.2 Å². The van der Waals surface area contributed by atoms with E-state index in [9.17, 15) is 4.79 Å². The molecule has 2 rings (SSSR count). The highest BCUT2D eigenvalue weighted by atomic mass is 16.7. The maximum atomic E-state index is 11.8. The molecule has 1 amide bonds. The lowest BCUT2D eigenvalue weighted by molar-refractivity contribution is -0.116. The van der Waals surface area contributed by atoms with Crippen molar-refractivity contribution in [1.82, 2.24) is 10.2 Å². The summed E-state index contributed by atoms with van der Waals surface area (Å²) in [5.41, 5.74) is 0.943. The summed E-state index contributed by atoms with van der Waals surface area (Å²) in [5.74, 6) is 0.650. The van der Waals surface area contributed by atoms with Gasteiger partial charge in [-0.05, 0) is 23.8 Å². The molecule has 1 fully saturated rings. The van der Waals surface area contributed by atoms with Crippen LogP contribution < -0.4 is 10.1 Å². The molecule has 0 unspecified atom stereocenters. The predicted molar refractivity (Wildman–Crippen MR) is 88.2 cm³/mol. The number of hydrogen-bond acceptors (Lipinski definition) is 5. The van der Waals surface area contributed by atoms with Crippen LogP contribution in [0.15, 0.2) is 30.3 Å². The van der Waals surface area contributed by atoms with E-state index in [0.29, 0.717) is 6.54 Å². The molecule has 0 aromatic heterocycles. The Hall–Kier alpha value is -1.89. The molecule has 0 saturated carbocycles. The van der Waals surface area contributed by atoms with Gasteiger partial charge in [-0.15, -0.1) is 0 Å². The molecular formula is C17H24N2O4. The van der Waals surface area contributed by atoms with Gasteiger partial charge < -0.3 is 19.5 Å². The molecule has 0 bridgehead atoms. The fraction of sp³-hybridized carbons (Fsp3) is 0.471. The summed E-state index contributed by atoms with van der Waals surface area (Å²) in [4.78, 5) is 14.1. The van der Waals surface area contributed by atoms with Gasteiger partial charge in [-0.3, -0.25) is 9.69 Å².